The van der Waals surface area contributed by atoms with Gasteiger partial charge in [-0.3, -0.25) is 4.99 Å². The largest absolute Gasteiger partial charge is 0.497 e. The summed E-state index contributed by atoms with van der Waals surface area (Å²) in [4.78, 5) is 9.67. The van der Waals surface area contributed by atoms with Gasteiger partial charge in [0.25, 0.3) is 0 Å². The minimum Gasteiger partial charge on any atom is -0.497 e. The Bertz CT molecular complexity index is 811. The van der Waals surface area contributed by atoms with Crippen LogP contribution in [0.5, 0.6) is 5.75 Å². The van der Waals surface area contributed by atoms with Gasteiger partial charge < -0.3 is 10.5 Å². The van der Waals surface area contributed by atoms with Gasteiger partial charge in [-0.2, -0.15) is 0 Å². The van der Waals surface area contributed by atoms with Crippen LogP contribution in [0.2, 0.25) is 0 Å². The summed E-state index contributed by atoms with van der Waals surface area (Å²) >= 11 is 1.67. The number of rotatable bonds is 5. The van der Waals surface area contributed by atoms with Gasteiger partial charge in [0, 0.05) is 21.6 Å². The Morgan fingerprint density at radius 2 is 2.04 bits per heavy atom. The van der Waals surface area contributed by atoms with Crippen LogP contribution in [0.1, 0.15) is 5.56 Å². The standard InChI is InChI=1S/C18H17N3OS/c1-20-11-15-14(17-4-3-9-23-17)10-16(21-18(15)19)12-5-7-13(22-2)8-6-12/h3-10H,1,11H2,2H3,(H2,19,21). The predicted molar refractivity (Wildman–Crippen MR) is 97.2 cm³/mol. The van der Waals surface area contributed by atoms with Crippen LogP contribution in [0.15, 0.2) is 52.8 Å². The maximum Gasteiger partial charge on any atom is 0.129 e. The Kier molecular flexibility index (Phi) is 4.39. The molecule has 0 aliphatic carbocycles. The SMILES string of the molecule is C=NCc1c(-c2cccs2)cc(-c2ccc(OC)cc2)nc1N. The van der Waals surface area contributed by atoms with Crippen LogP contribution < -0.4 is 10.5 Å². The third-order valence-corrected chi connectivity index (χ3v) is 4.50. The molecular weight excluding hydrogens is 306 g/mol. The van der Waals surface area contributed by atoms with E-state index in [1.165, 1.54) is 0 Å². The smallest absolute Gasteiger partial charge is 0.129 e. The molecule has 23 heavy (non-hydrogen) atoms. The van der Waals surface area contributed by atoms with Crippen molar-refractivity contribution in [2.24, 2.45) is 4.99 Å². The molecule has 2 heterocycles. The lowest BCUT2D eigenvalue weighted by atomic mass is 10.0. The van der Waals surface area contributed by atoms with Gasteiger partial charge in [-0.1, -0.05) is 6.07 Å². The summed E-state index contributed by atoms with van der Waals surface area (Å²) in [5, 5.41) is 2.05. The van der Waals surface area contributed by atoms with E-state index < -0.39 is 0 Å². The highest BCUT2D eigenvalue weighted by atomic mass is 32.1. The Balaban J connectivity index is 2.13. The molecular formula is C18H17N3OS. The minimum atomic E-state index is 0.453. The molecule has 2 N–H and O–H groups in total. The molecule has 0 aliphatic rings. The number of benzene rings is 1. The number of hydrogen-bond acceptors (Lipinski definition) is 5. The molecule has 5 heteroatoms. The van der Waals surface area contributed by atoms with Crippen LogP contribution in [-0.2, 0) is 6.54 Å². The summed E-state index contributed by atoms with van der Waals surface area (Å²) < 4.78 is 5.20. The second-order valence-electron chi connectivity index (χ2n) is 5.01. The summed E-state index contributed by atoms with van der Waals surface area (Å²) in [6, 6.07) is 13.9. The molecule has 1 aromatic carbocycles. The van der Waals surface area contributed by atoms with Crippen molar-refractivity contribution < 1.29 is 4.74 Å². The molecule has 0 amide bonds. The fourth-order valence-corrected chi connectivity index (χ4v) is 3.20. The number of nitrogens with zero attached hydrogens (tertiary/aromatic N) is 2. The van der Waals surface area contributed by atoms with Crippen molar-refractivity contribution in [2.75, 3.05) is 12.8 Å². The van der Waals surface area contributed by atoms with Gasteiger partial charge in [-0.15, -0.1) is 11.3 Å². The van der Waals surface area contributed by atoms with Crippen LogP contribution in [0.25, 0.3) is 21.7 Å². The van der Waals surface area contributed by atoms with Gasteiger partial charge in [0.2, 0.25) is 0 Å². The van der Waals surface area contributed by atoms with Crippen molar-refractivity contribution in [2.45, 2.75) is 6.54 Å². The molecule has 0 saturated heterocycles. The topological polar surface area (TPSA) is 60.5 Å². The summed E-state index contributed by atoms with van der Waals surface area (Å²) in [6.07, 6.45) is 0. The van der Waals surface area contributed by atoms with Gasteiger partial charge in [0.05, 0.1) is 19.3 Å². The maximum atomic E-state index is 6.19. The van der Waals surface area contributed by atoms with Crippen molar-refractivity contribution >= 4 is 23.9 Å². The molecule has 3 rings (SSSR count). The number of ether oxygens (including phenoxy) is 1. The van der Waals surface area contributed by atoms with Gasteiger partial charge in [-0.05, 0) is 48.5 Å². The summed E-state index contributed by atoms with van der Waals surface area (Å²) in [5.41, 5.74) is 9.99. The van der Waals surface area contributed by atoms with E-state index in [-0.39, 0.29) is 0 Å². The molecule has 0 bridgehead atoms. The zero-order valence-corrected chi connectivity index (χ0v) is 13.6. The highest BCUT2D eigenvalue weighted by Gasteiger charge is 2.13. The molecule has 0 fully saturated rings. The Morgan fingerprint density at radius 1 is 1.26 bits per heavy atom. The number of thiophene rings is 1. The minimum absolute atomic E-state index is 0.453. The average Bonchev–Trinajstić information content (AvgIpc) is 3.11. The fraction of sp³-hybridized carbons (Fsp3) is 0.111. The molecule has 4 nitrogen and oxygen atoms in total. The van der Waals surface area contributed by atoms with Crippen molar-refractivity contribution in [3.63, 3.8) is 0 Å². The van der Waals surface area contributed by atoms with Gasteiger partial charge >= 0.3 is 0 Å². The zero-order chi connectivity index (χ0) is 16.2. The van der Waals surface area contributed by atoms with E-state index in [0.29, 0.717) is 12.4 Å². The predicted octanol–water partition coefficient (Wildman–Crippen LogP) is 4.27. The monoisotopic (exact) mass is 323 g/mol. The number of nitrogen functional groups attached to an aromatic ring is 1. The Labute approximate surface area is 139 Å². The molecule has 0 spiro atoms. The second kappa shape index (κ2) is 6.62. The lowest BCUT2D eigenvalue weighted by Gasteiger charge is -2.12. The average molecular weight is 323 g/mol. The van der Waals surface area contributed by atoms with Crippen molar-refractivity contribution in [3.8, 4) is 27.4 Å². The quantitative estimate of drug-likeness (QED) is 0.713. The summed E-state index contributed by atoms with van der Waals surface area (Å²) in [7, 11) is 1.65. The molecule has 0 atom stereocenters. The second-order valence-corrected chi connectivity index (χ2v) is 5.95. The van der Waals surface area contributed by atoms with Crippen LogP contribution >= 0.6 is 11.3 Å². The molecule has 2 aromatic heterocycles. The number of aromatic nitrogens is 1. The Morgan fingerprint density at radius 3 is 2.65 bits per heavy atom. The molecule has 116 valence electrons. The first kappa shape index (κ1) is 15.2. The van der Waals surface area contributed by atoms with E-state index in [1.54, 1.807) is 18.4 Å². The van der Waals surface area contributed by atoms with Crippen molar-refractivity contribution in [1.29, 1.82) is 0 Å². The number of anilines is 1. The van der Waals surface area contributed by atoms with Crippen molar-refractivity contribution in [3.05, 3.63) is 53.4 Å². The van der Waals surface area contributed by atoms with Gasteiger partial charge in [0.1, 0.15) is 11.6 Å². The highest BCUT2D eigenvalue weighted by molar-refractivity contribution is 7.13. The number of methoxy groups -OCH3 is 1. The number of nitrogens with two attached hydrogens (primary N) is 1. The highest BCUT2D eigenvalue weighted by Crippen LogP contribution is 2.34. The van der Waals surface area contributed by atoms with E-state index in [0.717, 1.165) is 33.0 Å². The third kappa shape index (κ3) is 3.10. The van der Waals surface area contributed by atoms with Crippen LogP contribution in [0.3, 0.4) is 0 Å². The van der Waals surface area contributed by atoms with Gasteiger partial charge in [-0.25, -0.2) is 4.98 Å². The van der Waals surface area contributed by atoms with E-state index >= 15 is 0 Å². The first-order chi connectivity index (χ1) is 11.2. The van der Waals surface area contributed by atoms with E-state index in [4.69, 9.17) is 10.5 Å². The van der Waals surface area contributed by atoms with Crippen LogP contribution in [0, 0.1) is 0 Å². The molecule has 3 aromatic rings. The van der Waals surface area contributed by atoms with Crippen LogP contribution in [0.4, 0.5) is 5.82 Å². The van der Waals surface area contributed by atoms with Crippen LogP contribution in [-0.4, -0.2) is 18.8 Å². The Hall–Kier alpha value is -2.66. The summed E-state index contributed by atoms with van der Waals surface area (Å²) in [6.45, 7) is 4.03. The molecule has 0 unspecified atom stereocenters. The summed E-state index contributed by atoms with van der Waals surface area (Å²) in [5.74, 6) is 1.31. The first-order valence-corrected chi connectivity index (χ1v) is 8.01. The fourth-order valence-electron chi connectivity index (χ4n) is 2.43. The molecule has 0 radical (unpaired) electrons. The number of pyridine rings is 1. The zero-order valence-electron chi connectivity index (χ0n) is 12.8. The molecule has 0 saturated carbocycles. The van der Waals surface area contributed by atoms with E-state index in [9.17, 15) is 0 Å². The lowest BCUT2D eigenvalue weighted by Crippen LogP contribution is -2.01. The number of aliphatic imine (C=N–C) groups is 1. The lowest BCUT2D eigenvalue weighted by molar-refractivity contribution is 0.415. The van der Waals surface area contributed by atoms with Crippen molar-refractivity contribution in [1.82, 2.24) is 4.98 Å². The van der Waals surface area contributed by atoms with E-state index in [1.807, 2.05) is 35.7 Å². The maximum absolute atomic E-state index is 6.19. The normalized spacial score (nSPS) is 10.5. The molecule has 0 aliphatic heterocycles. The first-order valence-electron chi connectivity index (χ1n) is 7.13. The third-order valence-electron chi connectivity index (χ3n) is 3.60. The van der Waals surface area contributed by atoms with Gasteiger partial charge in [0.15, 0.2) is 0 Å². The van der Waals surface area contributed by atoms with E-state index in [2.05, 4.69) is 28.8 Å². The number of hydrogen-bond donors (Lipinski definition) is 1.